The molecule has 0 bridgehead atoms. The summed E-state index contributed by atoms with van der Waals surface area (Å²) in [6, 6.07) is 17.8. The van der Waals surface area contributed by atoms with Crippen molar-refractivity contribution in [1.29, 1.82) is 0 Å². The quantitative estimate of drug-likeness (QED) is 0.182. The first kappa shape index (κ1) is 26.9. The van der Waals surface area contributed by atoms with Gasteiger partial charge in [-0.05, 0) is 103 Å². The molecule has 1 aliphatic rings. The summed E-state index contributed by atoms with van der Waals surface area (Å²) in [4.78, 5) is 40.2. The molecule has 37 heavy (non-hydrogen) atoms. The second-order valence-corrected chi connectivity index (χ2v) is 9.77. The van der Waals surface area contributed by atoms with E-state index in [9.17, 15) is 14.4 Å². The predicted molar refractivity (Wildman–Crippen MR) is 152 cm³/mol. The van der Waals surface area contributed by atoms with Gasteiger partial charge < -0.3 is 19.7 Å². The highest BCUT2D eigenvalue weighted by atomic mass is 127. The number of anilines is 2. The molecule has 1 aliphatic heterocycles. The Balaban J connectivity index is 1.59. The van der Waals surface area contributed by atoms with Crippen molar-refractivity contribution in [2.75, 3.05) is 21.4 Å². The van der Waals surface area contributed by atoms with Gasteiger partial charge in [-0.2, -0.15) is 0 Å². The molecule has 1 atom stereocenters. The smallest absolute Gasteiger partial charge is 0.426 e. The van der Waals surface area contributed by atoms with Gasteiger partial charge in [-0.15, -0.1) is 0 Å². The van der Waals surface area contributed by atoms with Gasteiger partial charge in [-0.25, -0.2) is 4.79 Å². The van der Waals surface area contributed by atoms with E-state index < -0.39 is 12.3 Å². The minimum atomic E-state index is -0.760. The fourth-order valence-electron chi connectivity index (χ4n) is 4.42. The number of alkyl halides is 1. The summed E-state index contributed by atoms with van der Waals surface area (Å²) in [6.45, 7) is 4.17. The summed E-state index contributed by atoms with van der Waals surface area (Å²) in [5.74, 6) is -0.393. The van der Waals surface area contributed by atoms with Crippen LogP contribution in [0.15, 0.2) is 60.7 Å². The van der Waals surface area contributed by atoms with E-state index in [-0.39, 0.29) is 16.4 Å². The van der Waals surface area contributed by atoms with Gasteiger partial charge in [0, 0.05) is 33.9 Å². The molecule has 2 amide bonds. The number of fused-ring (bicyclic) bond motifs is 1. The van der Waals surface area contributed by atoms with Gasteiger partial charge in [0.1, 0.15) is 10.7 Å². The first-order valence-electron chi connectivity index (χ1n) is 11.8. The molecule has 0 fully saturated rings. The molecule has 3 aromatic rings. The lowest BCUT2D eigenvalue weighted by molar-refractivity contribution is 0.0320. The first-order chi connectivity index (χ1) is 17.8. The van der Waals surface area contributed by atoms with E-state index >= 15 is 0 Å². The van der Waals surface area contributed by atoms with Crippen LogP contribution in [0, 0.1) is 13.8 Å². The molecular weight excluding hydrogens is 607 g/mol. The van der Waals surface area contributed by atoms with Crippen LogP contribution in [0.2, 0.25) is 5.02 Å². The number of aryl methyl sites for hydroxylation is 2. The van der Waals surface area contributed by atoms with E-state index in [0.29, 0.717) is 52.5 Å². The van der Waals surface area contributed by atoms with E-state index in [2.05, 4.69) is 5.32 Å². The number of carbonyl (C=O) groups excluding carboxylic acids is 3. The lowest BCUT2D eigenvalue weighted by Crippen LogP contribution is -2.32. The minimum Gasteiger partial charge on any atom is -0.426 e. The highest BCUT2D eigenvalue weighted by Crippen LogP contribution is 2.38. The maximum absolute atomic E-state index is 13.7. The number of halogens is 2. The summed E-state index contributed by atoms with van der Waals surface area (Å²) in [5, 5.41) is 3.39. The van der Waals surface area contributed by atoms with Crippen molar-refractivity contribution in [2.24, 2.45) is 0 Å². The highest BCUT2D eigenvalue weighted by Gasteiger charge is 2.30. The van der Waals surface area contributed by atoms with Gasteiger partial charge in [-0.3, -0.25) is 9.59 Å². The van der Waals surface area contributed by atoms with Gasteiger partial charge in [0.2, 0.25) is 0 Å². The van der Waals surface area contributed by atoms with Crippen LogP contribution in [0.1, 0.15) is 56.4 Å². The average molecular weight is 633 g/mol. The first-order valence-corrected chi connectivity index (χ1v) is 13.7. The third-order valence-electron chi connectivity index (χ3n) is 6.24. The Kier molecular flexibility index (Phi) is 8.71. The molecule has 0 saturated heterocycles. The maximum Gasteiger partial charge on any atom is 0.509 e. The number of carbonyl (C=O) groups is 3. The summed E-state index contributed by atoms with van der Waals surface area (Å²) in [7, 11) is 0. The Labute approximate surface area is 234 Å². The van der Waals surface area contributed by atoms with Gasteiger partial charge in [-0.1, -0.05) is 29.8 Å². The van der Waals surface area contributed by atoms with Crippen molar-refractivity contribution in [3.8, 4) is 0 Å². The topological polar surface area (TPSA) is 84.9 Å². The van der Waals surface area contributed by atoms with Crippen molar-refractivity contribution >= 4 is 63.5 Å². The third kappa shape index (κ3) is 6.24. The molecule has 0 aliphatic carbocycles. The van der Waals surface area contributed by atoms with Crippen LogP contribution >= 0.6 is 34.2 Å². The molecule has 9 heteroatoms. The normalized spacial score (nSPS) is 14.8. The van der Waals surface area contributed by atoms with Gasteiger partial charge in [0.15, 0.2) is 0 Å². The number of amides is 2. The fraction of sp³-hybridized carbons (Fsp3) is 0.250. The number of hydrogen-bond donors (Lipinski definition) is 1. The largest absolute Gasteiger partial charge is 0.509 e. The standard InChI is InChI=1S/C28H26ClIN2O5/c1-17-6-3-4-7-21(17)26(33)31-20-10-11-22(18(2)14-20)27(34)32-13-5-8-25(37-28(35)36-16-30)23-15-19(29)9-12-24(23)32/h3-4,6-7,9-12,14-15,25H,5,8,13,16H2,1-2H3,(H,31,33). The van der Waals surface area contributed by atoms with Crippen molar-refractivity contribution in [3.05, 3.63) is 93.5 Å². The third-order valence-corrected chi connectivity index (χ3v) is 6.78. The van der Waals surface area contributed by atoms with Crippen LogP contribution in [0.4, 0.5) is 16.2 Å². The number of rotatable bonds is 5. The number of ether oxygens (including phenoxy) is 2. The van der Waals surface area contributed by atoms with E-state index in [0.717, 1.165) is 11.1 Å². The summed E-state index contributed by atoms with van der Waals surface area (Å²) in [6.07, 6.45) is -0.202. The Hall–Kier alpha value is -3.11. The molecule has 3 aromatic carbocycles. The zero-order chi connectivity index (χ0) is 26.5. The fourth-order valence-corrected chi connectivity index (χ4v) is 4.86. The van der Waals surface area contributed by atoms with Crippen molar-refractivity contribution in [2.45, 2.75) is 32.8 Å². The summed E-state index contributed by atoms with van der Waals surface area (Å²) in [5.41, 5.74) is 4.61. The van der Waals surface area contributed by atoms with Crippen LogP contribution in [0.25, 0.3) is 0 Å². The average Bonchev–Trinajstić information content (AvgIpc) is 3.03. The Morgan fingerprint density at radius 1 is 1.03 bits per heavy atom. The second-order valence-electron chi connectivity index (χ2n) is 8.71. The number of hydrogen-bond acceptors (Lipinski definition) is 5. The van der Waals surface area contributed by atoms with Gasteiger partial charge in [0.05, 0.1) is 5.69 Å². The van der Waals surface area contributed by atoms with E-state index in [1.807, 2.05) is 54.6 Å². The number of benzene rings is 3. The second kappa shape index (κ2) is 12.0. The lowest BCUT2D eigenvalue weighted by atomic mass is 10.0. The molecule has 0 spiro atoms. The predicted octanol–water partition coefficient (Wildman–Crippen LogP) is 7.24. The van der Waals surface area contributed by atoms with Crippen LogP contribution < -0.4 is 10.2 Å². The zero-order valence-electron chi connectivity index (χ0n) is 20.4. The molecule has 1 heterocycles. The molecule has 0 radical (unpaired) electrons. The van der Waals surface area contributed by atoms with Crippen LogP contribution in [-0.4, -0.2) is 29.1 Å². The molecule has 4 rings (SSSR count). The number of nitrogens with zero attached hydrogens (tertiary/aromatic N) is 1. The van der Waals surface area contributed by atoms with E-state index in [1.54, 1.807) is 47.4 Å². The van der Waals surface area contributed by atoms with Gasteiger partial charge in [0.25, 0.3) is 11.8 Å². The van der Waals surface area contributed by atoms with Crippen molar-refractivity contribution < 1.29 is 23.9 Å². The lowest BCUT2D eigenvalue weighted by Gasteiger charge is -2.25. The molecule has 1 unspecified atom stereocenters. The summed E-state index contributed by atoms with van der Waals surface area (Å²) >= 11 is 8.19. The monoisotopic (exact) mass is 632 g/mol. The van der Waals surface area contributed by atoms with Crippen LogP contribution in [-0.2, 0) is 9.47 Å². The highest BCUT2D eigenvalue weighted by molar-refractivity contribution is 14.1. The summed E-state index contributed by atoms with van der Waals surface area (Å²) < 4.78 is 10.7. The Bertz CT molecular complexity index is 1350. The SMILES string of the molecule is Cc1ccccc1C(=O)Nc1ccc(C(=O)N2CCCC(OC(=O)OCI)c3cc(Cl)ccc32)c(C)c1. The molecular formula is C28H26ClIN2O5. The van der Waals surface area contributed by atoms with Crippen LogP contribution in [0.3, 0.4) is 0 Å². The van der Waals surface area contributed by atoms with Crippen LogP contribution in [0.5, 0.6) is 0 Å². The molecule has 0 saturated carbocycles. The van der Waals surface area contributed by atoms with Crippen molar-refractivity contribution in [1.82, 2.24) is 0 Å². The zero-order valence-corrected chi connectivity index (χ0v) is 23.3. The minimum absolute atomic E-state index is 0.178. The molecule has 0 aromatic heterocycles. The van der Waals surface area contributed by atoms with Gasteiger partial charge >= 0.3 is 6.16 Å². The maximum atomic E-state index is 13.7. The molecule has 192 valence electrons. The Morgan fingerprint density at radius 3 is 2.54 bits per heavy atom. The molecule has 1 N–H and O–H groups in total. The van der Waals surface area contributed by atoms with E-state index in [1.165, 1.54) is 0 Å². The Morgan fingerprint density at radius 2 is 1.81 bits per heavy atom. The van der Waals surface area contributed by atoms with E-state index in [4.69, 9.17) is 21.1 Å². The number of nitrogens with one attached hydrogen (secondary N) is 1. The van der Waals surface area contributed by atoms with Crippen molar-refractivity contribution in [3.63, 3.8) is 0 Å². The molecule has 7 nitrogen and oxygen atoms in total.